The first-order chi connectivity index (χ1) is 10.6. The van der Waals surface area contributed by atoms with Crippen molar-refractivity contribution in [2.24, 2.45) is 0 Å². The fourth-order valence-electron chi connectivity index (χ4n) is 1.84. The van der Waals surface area contributed by atoms with Gasteiger partial charge in [-0.3, -0.25) is 14.9 Å². The Hall–Kier alpha value is -2.67. The summed E-state index contributed by atoms with van der Waals surface area (Å²) in [6.45, 7) is 1.86. The van der Waals surface area contributed by atoms with Crippen molar-refractivity contribution >= 4 is 17.6 Å². The third-order valence-electron chi connectivity index (χ3n) is 2.96. The SMILES string of the molecule is Cc1cc(NC(=O)C(=O)NCC[C@@H](O)c2ccccc2)no1. The van der Waals surface area contributed by atoms with Gasteiger partial charge in [0.05, 0.1) is 6.10 Å². The third kappa shape index (κ3) is 4.42. The molecule has 0 aliphatic heterocycles. The fraction of sp³-hybridized carbons (Fsp3) is 0.267. The minimum absolute atomic E-state index is 0.181. The molecule has 3 N–H and O–H groups in total. The molecule has 1 aromatic carbocycles. The predicted octanol–water partition coefficient (Wildman–Crippen LogP) is 1.16. The second kappa shape index (κ2) is 7.37. The second-order valence-electron chi connectivity index (χ2n) is 4.75. The van der Waals surface area contributed by atoms with Crippen LogP contribution in [0.2, 0.25) is 0 Å². The summed E-state index contributed by atoms with van der Waals surface area (Å²) in [4.78, 5) is 23.2. The van der Waals surface area contributed by atoms with Crippen LogP contribution in [-0.4, -0.2) is 28.6 Å². The predicted molar refractivity (Wildman–Crippen MR) is 78.9 cm³/mol. The van der Waals surface area contributed by atoms with Crippen LogP contribution in [0.1, 0.15) is 23.8 Å². The van der Waals surface area contributed by atoms with E-state index in [1.807, 2.05) is 18.2 Å². The zero-order valence-electron chi connectivity index (χ0n) is 12.1. The number of carbonyl (C=O) groups is 2. The molecule has 116 valence electrons. The Balaban J connectivity index is 1.74. The van der Waals surface area contributed by atoms with E-state index in [2.05, 4.69) is 15.8 Å². The number of aromatic nitrogens is 1. The minimum Gasteiger partial charge on any atom is -0.388 e. The van der Waals surface area contributed by atoms with E-state index in [9.17, 15) is 14.7 Å². The van der Waals surface area contributed by atoms with Crippen molar-refractivity contribution in [1.82, 2.24) is 10.5 Å². The lowest BCUT2D eigenvalue weighted by Crippen LogP contribution is -2.36. The molecule has 0 aliphatic rings. The summed E-state index contributed by atoms with van der Waals surface area (Å²) in [6, 6.07) is 10.6. The van der Waals surface area contributed by atoms with Crippen molar-refractivity contribution in [1.29, 1.82) is 0 Å². The van der Waals surface area contributed by atoms with Crippen LogP contribution in [0.15, 0.2) is 40.9 Å². The summed E-state index contributed by atoms with van der Waals surface area (Å²) in [6.07, 6.45) is -0.380. The molecule has 0 unspecified atom stereocenters. The molecule has 0 bridgehead atoms. The van der Waals surface area contributed by atoms with Crippen LogP contribution in [-0.2, 0) is 9.59 Å². The molecule has 7 nitrogen and oxygen atoms in total. The molecule has 0 saturated heterocycles. The first-order valence-electron chi connectivity index (χ1n) is 6.82. The molecule has 0 saturated carbocycles. The van der Waals surface area contributed by atoms with Crippen molar-refractivity contribution in [3.63, 3.8) is 0 Å². The van der Waals surface area contributed by atoms with Crippen LogP contribution < -0.4 is 10.6 Å². The summed E-state index contributed by atoms with van der Waals surface area (Å²) >= 11 is 0. The molecule has 2 rings (SSSR count). The molecule has 7 heteroatoms. The Morgan fingerprint density at radius 3 is 2.64 bits per heavy atom. The highest BCUT2D eigenvalue weighted by atomic mass is 16.5. The second-order valence-corrected chi connectivity index (χ2v) is 4.75. The number of carbonyl (C=O) groups excluding carboxylic acids is 2. The Morgan fingerprint density at radius 1 is 1.27 bits per heavy atom. The van der Waals surface area contributed by atoms with Gasteiger partial charge < -0.3 is 14.9 Å². The van der Waals surface area contributed by atoms with Crippen LogP contribution in [0.4, 0.5) is 5.82 Å². The average Bonchev–Trinajstić information content (AvgIpc) is 2.93. The van der Waals surface area contributed by atoms with Crippen molar-refractivity contribution in [2.45, 2.75) is 19.4 Å². The van der Waals surface area contributed by atoms with Crippen molar-refractivity contribution in [3.8, 4) is 0 Å². The van der Waals surface area contributed by atoms with Gasteiger partial charge in [-0.05, 0) is 18.9 Å². The highest BCUT2D eigenvalue weighted by Gasteiger charge is 2.15. The molecule has 1 aromatic heterocycles. The van der Waals surface area contributed by atoms with E-state index in [1.54, 1.807) is 19.1 Å². The fourth-order valence-corrected chi connectivity index (χ4v) is 1.84. The lowest BCUT2D eigenvalue weighted by molar-refractivity contribution is -0.136. The summed E-state index contributed by atoms with van der Waals surface area (Å²) in [5, 5.41) is 18.2. The monoisotopic (exact) mass is 303 g/mol. The number of benzene rings is 1. The van der Waals surface area contributed by atoms with Gasteiger partial charge in [0.15, 0.2) is 5.82 Å². The molecule has 22 heavy (non-hydrogen) atoms. The first-order valence-corrected chi connectivity index (χ1v) is 6.82. The van der Waals surface area contributed by atoms with E-state index >= 15 is 0 Å². The quantitative estimate of drug-likeness (QED) is 0.719. The van der Waals surface area contributed by atoms with E-state index in [-0.39, 0.29) is 12.4 Å². The topological polar surface area (TPSA) is 104 Å². The third-order valence-corrected chi connectivity index (χ3v) is 2.96. The van der Waals surface area contributed by atoms with Crippen LogP contribution in [0.3, 0.4) is 0 Å². The summed E-state index contributed by atoms with van der Waals surface area (Å²) in [5.41, 5.74) is 0.763. The van der Waals surface area contributed by atoms with Crippen LogP contribution in [0.5, 0.6) is 0 Å². The van der Waals surface area contributed by atoms with Crippen molar-refractivity contribution in [3.05, 3.63) is 47.7 Å². The number of aliphatic hydroxyl groups excluding tert-OH is 1. The van der Waals surface area contributed by atoms with Crippen LogP contribution in [0.25, 0.3) is 0 Å². The molecule has 0 aliphatic carbocycles. The number of aliphatic hydroxyl groups is 1. The van der Waals surface area contributed by atoms with Gasteiger partial charge in [-0.15, -0.1) is 0 Å². The zero-order chi connectivity index (χ0) is 15.9. The lowest BCUT2D eigenvalue weighted by Gasteiger charge is -2.11. The number of hydrogen-bond donors (Lipinski definition) is 3. The lowest BCUT2D eigenvalue weighted by atomic mass is 10.1. The van der Waals surface area contributed by atoms with Gasteiger partial charge in [0.25, 0.3) is 0 Å². The average molecular weight is 303 g/mol. The Labute approximate surface area is 127 Å². The number of rotatable bonds is 5. The standard InChI is InChI=1S/C15H17N3O4/c1-10-9-13(18-22-10)17-15(21)14(20)16-8-7-12(19)11-5-3-2-4-6-11/h2-6,9,12,19H,7-8H2,1H3,(H,16,20)(H,17,18,21)/t12-/m1/s1. The molecule has 1 atom stereocenters. The maximum atomic E-state index is 11.6. The van der Waals surface area contributed by atoms with Crippen molar-refractivity contribution in [2.75, 3.05) is 11.9 Å². The molecule has 0 spiro atoms. The van der Waals surface area contributed by atoms with Gasteiger partial charge in [-0.1, -0.05) is 35.5 Å². The number of hydrogen-bond acceptors (Lipinski definition) is 5. The normalized spacial score (nSPS) is 11.7. The van der Waals surface area contributed by atoms with E-state index in [4.69, 9.17) is 4.52 Å². The van der Waals surface area contributed by atoms with Gasteiger partial charge in [0, 0.05) is 12.6 Å². The Kier molecular flexibility index (Phi) is 5.26. The number of amides is 2. The van der Waals surface area contributed by atoms with Gasteiger partial charge in [-0.25, -0.2) is 0 Å². The zero-order valence-corrected chi connectivity index (χ0v) is 12.1. The summed E-state index contributed by atoms with van der Waals surface area (Å²) < 4.78 is 4.78. The smallest absolute Gasteiger partial charge is 0.314 e. The molecular formula is C15H17N3O4. The number of anilines is 1. The highest BCUT2D eigenvalue weighted by molar-refractivity contribution is 6.39. The largest absolute Gasteiger partial charge is 0.388 e. The minimum atomic E-state index is -0.831. The molecule has 0 radical (unpaired) electrons. The Bertz CT molecular complexity index is 639. The molecular weight excluding hydrogens is 286 g/mol. The molecule has 2 amide bonds. The highest BCUT2D eigenvalue weighted by Crippen LogP contribution is 2.14. The van der Waals surface area contributed by atoms with Crippen LogP contribution in [0, 0.1) is 6.92 Å². The van der Waals surface area contributed by atoms with E-state index in [0.717, 1.165) is 5.56 Å². The molecule has 2 aromatic rings. The van der Waals surface area contributed by atoms with Gasteiger partial charge in [-0.2, -0.15) is 0 Å². The molecule has 0 fully saturated rings. The van der Waals surface area contributed by atoms with Crippen molar-refractivity contribution < 1.29 is 19.2 Å². The maximum Gasteiger partial charge on any atom is 0.314 e. The van der Waals surface area contributed by atoms with Crippen LogP contribution >= 0.6 is 0 Å². The van der Waals surface area contributed by atoms with Gasteiger partial charge in [0.1, 0.15) is 5.76 Å². The first kappa shape index (κ1) is 15.7. The van der Waals surface area contributed by atoms with E-state index in [0.29, 0.717) is 12.2 Å². The number of nitrogens with zero attached hydrogens (tertiary/aromatic N) is 1. The number of nitrogens with one attached hydrogen (secondary N) is 2. The van der Waals surface area contributed by atoms with E-state index < -0.39 is 17.9 Å². The Morgan fingerprint density at radius 2 is 2.00 bits per heavy atom. The number of aryl methyl sites for hydroxylation is 1. The summed E-state index contributed by atoms with van der Waals surface area (Å²) in [5.74, 6) is -0.910. The summed E-state index contributed by atoms with van der Waals surface area (Å²) in [7, 11) is 0. The van der Waals surface area contributed by atoms with Gasteiger partial charge in [0.2, 0.25) is 0 Å². The molecule has 1 heterocycles. The van der Waals surface area contributed by atoms with E-state index in [1.165, 1.54) is 6.07 Å². The maximum absolute atomic E-state index is 11.6. The van der Waals surface area contributed by atoms with Gasteiger partial charge >= 0.3 is 11.8 Å².